The molecule has 2 amide bonds. The van der Waals surface area contributed by atoms with Crippen molar-refractivity contribution in [2.24, 2.45) is 5.92 Å². The molecule has 0 bridgehead atoms. The lowest BCUT2D eigenvalue weighted by molar-refractivity contribution is -0.150. The maximum Gasteiger partial charge on any atom is 0.328 e. The summed E-state index contributed by atoms with van der Waals surface area (Å²) in [4.78, 5) is 37.5. The van der Waals surface area contributed by atoms with Crippen LogP contribution in [0.5, 0.6) is 0 Å². The zero-order valence-corrected chi connectivity index (χ0v) is 19.0. The Morgan fingerprint density at radius 3 is 1.97 bits per heavy atom. The second-order valence-corrected chi connectivity index (χ2v) is 8.85. The minimum Gasteiger partial charge on any atom is -0.462 e. The van der Waals surface area contributed by atoms with Crippen LogP contribution in [0.25, 0.3) is 0 Å². The smallest absolute Gasteiger partial charge is 0.328 e. The zero-order chi connectivity index (χ0) is 22.5. The van der Waals surface area contributed by atoms with Gasteiger partial charge in [0.05, 0.1) is 6.04 Å². The summed E-state index contributed by atoms with van der Waals surface area (Å²) in [6, 6.07) is 8.86. The number of nitrogens with one attached hydrogen (secondary N) is 2. The summed E-state index contributed by atoms with van der Waals surface area (Å²) < 4.78 is 5.57. The number of esters is 1. The van der Waals surface area contributed by atoms with Crippen molar-refractivity contribution in [1.82, 2.24) is 10.6 Å². The van der Waals surface area contributed by atoms with E-state index in [-0.39, 0.29) is 30.4 Å². The molecular formula is C25H38N2O4. The van der Waals surface area contributed by atoms with Gasteiger partial charge in [0.2, 0.25) is 11.8 Å². The van der Waals surface area contributed by atoms with Crippen molar-refractivity contribution in [3.8, 4) is 0 Å². The van der Waals surface area contributed by atoms with E-state index >= 15 is 0 Å². The second kappa shape index (κ2) is 13.8. The number of carbonyl (C=O) groups excluding carboxylic acids is 3. The number of cyclic esters (lactones) is 1. The molecule has 2 N–H and O–H groups in total. The van der Waals surface area contributed by atoms with Crippen molar-refractivity contribution >= 4 is 17.8 Å². The van der Waals surface area contributed by atoms with Gasteiger partial charge in [0, 0.05) is 12.8 Å². The molecule has 1 aromatic rings. The van der Waals surface area contributed by atoms with E-state index in [0.717, 1.165) is 50.5 Å². The van der Waals surface area contributed by atoms with Crippen LogP contribution in [0.1, 0.15) is 77.2 Å². The van der Waals surface area contributed by atoms with Gasteiger partial charge in [-0.3, -0.25) is 9.59 Å². The lowest BCUT2D eigenvalue weighted by Crippen LogP contribution is -2.47. The molecule has 31 heavy (non-hydrogen) atoms. The van der Waals surface area contributed by atoms with Crippen LogP contribution in [0.15, 0.2) is 30.3 Å². The number of hydrogen-bond acceptors (Lipinski definition) is 4. The molecule has 6 nitrogen and oxygen atoms in total. The van der Waals surface area contributed by atoms with E-state index in [4.69, 9.17) is 4.74 Å². The topological polar surface area (TPSA) is 84.5 Å². The monoisotopic (exact) mass is 430 g/mol. The first kappa shape index (κ1) is 24.9. The first-order valence-electron chi connectivity index (χ1n) is 11.7. The predicted octanol–water partition coefficient (Wildman–Crippen LogP) is 3.92. The molecule has 6 heteroatoms. The lowest BCUT2D eigenvalue weighted by Gasteiger charge is -2.24. The number of carbonyl (C=O) groups is 3. The Bertz CT molecular complexity index is 690. The maximum absolute atomic E-state index is 12.7. The first-order valence-corrected chi connectivity index (χ1v) is 11.7. The Kier molecular flexibility index (Phi) is 11.1. The van der Waals surface area contributed by atoms with Gasteiger partial charge in [0.15, 0.2) is 0 Å². The molecule has 0 saturated carbocycles. The van der Waals surface area contributed by atoms with Gasteiger partial charge in [-0.2, -0.15) is 0 Å². The normalized spacial score (nSPS) is 23.3. The molecule has 1 aliphatic rings. The van der Waals surface area contributed by atoms with E-state index in [1.807, 2.05) is 44.2 Å². The van der Waals surface area contributed by atoms with Crippen LogP contribution >= 0.6 is 0 Å². The van der Waals surface area contributed by atoms with Crippen LogP contribution in [0.3, 0.4) is 0 Å². The summed E-state index contributed by atoms with van der Waals surface area (Å²) in [6.45, 7) is 3.86. The molecule has 1 saturated heterocycles. The largest absolute Gasteiger partial charge is 0.462 e. The molecule has 1 fully saturated rings. The van der Waals surface area contributed by atoms with E-state index in [1.54, 1.807) is 0 Å². The highest BCUT2D eigenvalue weighted by Crippen LogP contribution is 2.12. The minimum atomic E-state index is -0.681. The van der Waals surface area contributed by atoms with Crippen LogP contribution in [-0.2, 0) is 25.5 Å². The van der Waals surface area contributed by atoms with Crippen molar-refractivity contribution in [2.75, 3.05) is 6.61 Å². The van der Waals surface area contributed by atoms with Crippen LogP contribution < -0.4 is 10.6 Å². The van der Waals surface area contributed by atoms with E-state index in [1.165, 1.54) is 0 Å². The van der Waals surface area contributed by atoms with Crippen LogP contribution in [-0.4, -0.2) is 36.5 Å². The maximum atomic E-state index is 12.7. The van der Waals surface area contributed by atoms with E-state index in [9.17, 15) is 14.4 Å². The van der Waals surface area contributed by atoms with E-state index in [2.05, 4.69) is 10.6 Å². The van der Waals surface area contributed by atoms with Gasteiger partial charge in [0.25, 0.3) is 0 Å². The molecule has 1 heterocycles. The van der Waals surface area contributed by atoms with Gasteiger partial charge in [-0.15, -0.1) is 0 Å². The Balaban J connectivity index is 2.06. The second-order valence-electron chi connectivity index (χ2n) is 8.85. The van der Waals surface area contributed by atoms with E-state index < -0.39 is 12.0 Å². The Labute approximate surface area is 186 Å². The average molecular weight is 431 g/mol. The minimum absolute atomic E-state index is 0.00758. The van der Waals surface area contributed by atoms with Crippen molar-refractivity contribution in [1.29, 1.82) is 0 Å². The number of ether oxygens (including phenoxy) is 1. The summed E-state index contributed by atoms with van der Waals surface area (Å²) in [5.74, 6) is -0.640. The lowest BCUT2D eigenvalue weighted by atomic mass is 10.0. The highest BCUT2D eigenvalue weighted by Gasteiger charge is 2.26. The van der Waals surface area contributed by atoms with Crippen molar-refractivity contribution in [3.63, 3.8) is 0 Å². The first-order chi connectivity index (χ1) is 15.0. The van der Waals surface area contributed by atoms with Crippen LogP contribution in [0.4, 0.5) is 0 Å². The molecule has 172 valence electrons. The fraction of sp³-hybridized carbons (Fsp3) is 0.640. The number of rotatable bonds is 3. The van der Waals surface area contributed by atoms with Crippen LogP contribution in [0.2, 0.25) is 0 Å². The number of benzene rings is 1. The molecule has 0 unspecified atom stereocenters. The SMILES string of the molecule is CC(C)[C@@H]1NC(=O)CCCCCCCCCC(=O)N[C@@H](Cc2ccccc2)COC1=O. The third-order valence-corrected chi connectivity index (χ3v) is 5.66. The molecule has 2 atom stereocenters. The zero-order valence-electron chi connectivity index (χ0n) is 19.0. The van der Waals surface area contributed by atoms with Gasteiger partial charge in [-0.05, 0) is 30.7 Å². The summed E-state index contributed by atoms with van der Waals surface area (Å²) in [5.41, 5.74) is 1.07. The molecule has 0 aromatic heterocycles. The highest BCUT2D eigenvalue weighted by molar-refractivity contribution is 5.84. The Hall–Kier alpha value is -2.37. The van der Waals surface area contributed by atoms with E-state index in [0.29, 0.717) is 19.3 Å². The van der Waals surface area contributed by atoms with Crippen LogP contribution in [0, 0.1) is 5.92 Å². The third kappa shape index (κ3) is 9.99. The number of hydrogen-bond donors (Lipinski definition) is 2. The van der Waals surface area contributed by atoms with Gasteiger partial charge >= 0.3 is 5.97 Å². The van der Waals surface area contributed by atoms with Crippen molar-refractivity contribution < 1.29 is 19.1 Å². The average Bonchev–Trinajstić information content (AvgIpc) is 2.74. The fourth-order valence-electron chi connectivity index (χ4n) is 3.82. The van der Waals surface area contributed by atoms with Crippen molar-refractivity contribution in [3.05, 3.63) is 35.9 Å². The molecular weight excluding hydrogens is 392 g/mol. The number of amides is 2. The van der Waals surface area contributed by atoms with Gasteiger partial charge in [0.1, 0.15) is 12.6 Å². The fourth-order valence-corrected chi connectivity index (χ4v) is 3.82. The molecule has 1 aromatic carbocycles. The summed E-state index contributed by atoms with van der Waals surface area (Å²) in [7, 11) is 0. The summed E-state index contributed by atoms with van der Waals surface area (Å²) >= 11 is 0. The predicted molar refractivity (Wildman–Crippen MR) is 121 cm³/mol. The quantitative estimate of drug-likeness (QED) is 0.712. The molecule has 0 spiro atoms. The highest BCUT2D eigenvalue weighted by atomic mass is 16.5. The van der Waals surface area contributed by atoms with Gasteiger partial charge < -0.3 is 15.4 Å². The summed E-state index contributed by atoms with van der Waals surface area (Å²) in [5, 5.41) is 5.88. The van der Waals surface area contributed by atoms with Gasteiger partial charge in [-0.1, -0.05) is 76.3 Å². The Morgan fingerprint density at radius 1 is 0.839 bits per heavy atom. The van der Waals surface area contributed by atoms with Gasteiger partial charge in [-0.25, -0.2) is 4.79 Å². The van der Waals surface area contributed by atoms with Crippen molar-refractivity contribution in [2.45, 2.75) is 90.1 Å². The molecule has 0 radical (unpaired) electrons. The third-order valence-electron chi connectivity index (χ3n) is 5.66. The standard InChI is InChI=1S/C25H38N2O4/c1-19(2)24-25(30)31-18-21(17-20-13-9-8-10-14-20)26-22(28)15-11-6-4-3-5-7-12-16-23(29)27-24/h8-10,13-14,19,21,24H,3-7,11-12,15-18H2,1-2H3,(H,26,28)(H,27,29)/t21-,24-/m0/s1. The summed E-state index contributed by atoms with van der Waals surface area (Å²) in [6.07, 6.45) is 8.56. The molecule has 1 aliphatic heterocycles. The molecule has 0 aliphatic carbocycles. The Morgan fingerprint density at radius 2 is 1.39 bits per heavy atom. The molecule has 2 rings (SSSR count).